The number of aryl methyl sites for hydroxylation is 1. The zero-order chi connectivity index (χ0) is 19.4. The molecule has 2 aromatic rings. The minimum absolute atomic E-state index is 0.193. The van der Waals surface area contributed by atoms with Gasteiger partial charge < -0.3 is 9.64 Å². The summed E-state index contributed by atoms with van der Waals surface area (Å²) in [5.74, 6) is 2.39. The van der Waals surface area contributed by atoms with Crippen LogP contribution in [0.1, 0.15) is 36.8 Å². The smallest absolute Gasteiger partial charge is 0.387 e. The summed E-state index contributed by atoms with van der Waals surface area (Å²) in [4.78, 5) is 13.9. The first-order valence-electron chi connectivity index (χ1n) is 9.27. The first-order valence-corrected chi connectivity index (χ1v) is 9.27. The minimum atomic E-state index is -2.79. The third-order valence-corrected chi connectivity index (χ3v) is 4.63. The van der Waals surface area contributed by atoms with Crippen molar-refractivity contribution in [1.29, 1.82) is 0 Å². The molecule has 1 aliphatic heterocycles. The topological polar surface area (TPSA) is 41.5 Å². The highest BCUT2D eigenvalue weighted by Gasteiger charge is 2.19. The summed E-state index contributed by atoms with van der Waals surface area (Å²) in [5.41, 5.74) is 2.09. The van der Waals surface area contributed by atoms with E-state index in [1.165, 1.54) is 0 Å². The molecule has 0 N–H and O–H groups in total. The van der Waals surface area contributed by atoms with E-state index >= 15 is 0 Å². The van der Waals surface area contributed by atoms with Crippen molar-refractivity contribution in [3.63, 3.8) is 0 Å². The molecule has 0 amide bonds. The highest BCUT2D eigenvalue weighted by molar-refractivity contribution is 5.40. The van der Waals surface area contributed by atoms with E-state index in [1.54, 1.807) is 12.1 Å². The van der Waals surface area contributed by atoms with Crippen molar-refractivity contribution in [2.45, 2.75) is 39.8 Å². The molecule has 0 aliphatic carbocycles. The van der Waals surface area contributed by atoms with E-state index in [1.807, 2.05) is 25.1 Å². The molecular weight excluding hydrogens is 350 g/mol. The van der Waals surface area contributed by atoms with Crippen LogP contribution in [0.2, 0.25) is 0 Å². The van der Waals surface area contributed by atoms with E-state index in [-0.39, 0.29) is 5.75 Å². The first-order chi connectivity index (χ1) is 12.9. The third kappa shape index (κ3) is 5.35. The van der Waals surface area contributed by atoms with Gasteiger partial charge in [-0.05, 0) is 24.6 Å². The molecule has 2 heterocycles. The van der Waals surface area contributed by atoms with Gasteiger partial charge in [0.05, 0.1) is 0 Å². The van der Waals surface area contributed by atoms with E-state index in [9.17, 15) is 8.78 Å². The van der Waals surface area contributed by atoms with Crippen LogP contribution in [0, 0.1) is 6.92 Å². The zero-order valence-electron chi connectivity index (χ0n) is 16.0. The SMILES string of the molecule is Cc1cc(N2CCN(Cc3ccc(OC(F)F)cc3)CC2)nc(C(C)C)n1. The fourth-order valence-electron chi connectivity index (χ4n) is 3.16. The number of rotatable bonds is 6. The van der Waals surface area contributed by atoms with Gasteiger partial charge in [-0.3, -0.25) is 4.90 Å². The highest BCUT2D eigenvalue weighted by Crippen LogP contribution is 2.20. The lowest BCUT2D eigenvalue weighted by molar-refractivity contribution is -0.0498. The van der Waals surface area contributed by atoms with Gasteiger partial charge in [0.25, 0.3) is 0 Å². The molecule has 3 rings (SSSR count). The Balaban J connectivity index is 1.56. The predicted molar refractivity (Wildman–Crippen MR) is 101 cm³/mol. The number of alkyl halides is 2. The summed E-state index contributed by atoms with van der Waals surface area (Å²) in [5, 5.41) is 0. The van der Waals surface area contributed by atoms with Gasteiger partial charge in [0.1, 0.15) is 17.4 Å². The van der Waals surface area contributed by atoms with Crippen molar-refractivity contribution in [3.05, 3.63) is 47.4 Å². The van der Waals surface area contributed by atoms with E-state index in [0.717, 1.165) is 55.6 Å². The average molecular weight is 376 g/mol. The Labute approximate surface area is 159 Å². The summed E-state index contributed by atoms with van der Waals surface area (Å²) >= 11 is 0. The number of halogens is 2. The van der Waals surface area contributed by atoms with Crippen LogP contribution >= 0.6 is 0 Å². The van der Waals surface area contributed by atoms with Crippen molar-refractivity contribution in [3.8, 4) is 5.75 Å². The standard InChI is InChI=1S/C20H26F2N4O/c1-14(2)19-23-15(3)12-18(24-19)26-10-8-25(9-11-26)13-16-4-6-17(7-5-16)27-20(21)22/h4-7,12,14,20H,8-11,13H2,1-3H3. The van der Waals surface area contributed by atoms with Crippen molar-refractivity contribution in [2.75, 3.05) is 31.1 Å². The molecule has 0 radical (unpaired) electrons. The maximum Gasteiger partial charge on any atom is 0.387 e. The minimum Gasteiger partial charge on any atom is -0.435 e. The maximum atomic E-state index is 12.2. The number of aromatic nitrogens is 2. The Morgan fingerprint density at radius 1 is 1.04 bits per heavy atom. The summed E-state index contributed by atoms with van der Waals surface area (Å²) in [6.45, 7) is 7.89. The summed E-state index contributed by atoms with van der Waals surface area (Å²) in [6.07, 6.45) is 0. The lowest BCUT2D eigenvalue weighted by Gasteiger charge is -2.35. The molecule has 5 nitrogen and oxygen atoms in total. The molecule has 0 unspecified atom stereocenters. The number of piperazine rings is 1. The molecular formula is C20H26F2N4O. The maximum absolute atomic E-state index is 12.2. The lowest BCUT2D eigenvalue weighted by Crippen LogP contribution is -2.46. The monoisotopic (exact) mass is 376 g/mol. The van der Waals surface area contributed by atoms with Crippen LogP contribution in [0.25, 0.3) is 0 Å². The van der Waals surface area contributed by atoms with Gasteiger partial charge in [0, 0.05) is 50.4 Å². The van der Waals surface area contributed by atoms with Crippen molar-refractivity contribution >= 4 is 5.82 Å². The van der Waals surface area contributed by atoms with Gasteiger partial charge in [-0.1, -0.05) is 26.0 Å². The number of hydrogen-bond donors (Lipinski definition) is 0. The first kappa shape index (κ1) is 19.5. The normalized spacial score (nSPS) is 15.6. The van der Waals surface area contributed by atoms with Crippen LogP contribution < -0.4 is 9.64 Å². The Morgan fingerprint density at radius 2 is 1.70 bits per heavy atom. The van der Waals surface area contributed by atoms with E-state index in [4.69, 9.17) is 4.98 Å². The van der Waals surface area contributed by atoms with Gasteiger partial charge >= 0.3 is 6.61 Å². The van der Waals surface area contributed by atoms with Crippen LogP contribution in [0.5, 0.6) is 5.75 Å². The molecule has 1 fully saturated rings. The Bertz CT molecular complexity index is 744. The van der Waals surface area contributed by atoms with Crippen LogP contribution in [0.15, 0.2) is 30.3 Å². The number of benzene rings is 1. The van der Waals surface area contributed by atoms with Gasteiger partial charge in [0.2, 0.25) is 0 Å². The summed E-state index contributed by atoms with van der Waals surface area (Å²) in [7, 11) is 0. The van der Waals surface area contributed by atoms with Crippen molar-refractivity contribution in [2.24, 2.45) is 0 Å². The number of ether oxygens (including phenoxy) is 1. The fourth-order valence-corrected chi connectivity index (χ4v) is 3.16. The van der Waals surface area contributed by atoms with Gasteiger partial charge in [-0.25, -0.2) is 9.97 Å². The average Bonchev–Trinajstić information content (AvgIpc) is 2.63. The largest absolute Gasteiger partial charge is 0.435 e. The molecule has 146 valence electrons. The number of nitrogens with zero attached hydrogens (tertiary/aromatic N) is 4. The molecule has 1 aliphatic rings. The Morgan fingerprint density at radius 3 is 2.30 bits per heavy atom. The zero-order valence-corrected chi connectivity index (χ0v) is 16.0. The van der Waals surface area contributed by atoms with E-state index in [0.29, 0.717) is 5.92 Å². The van der Waals surface area contributed by atoms with Crippen molar-refractivity contribution in [1.82, 2.24) is 14.9 Å². The quantitative estimate of drug-likeness (QED) is 0.766. The molecule has 0 saturated carbocycles. The lowest BCUT2D eigenvalue weighted by atomic mass is 10.2. The highest BCUT2D eigenvalue weighted by atomic mass is 19.3. The van der Waals surface area contributed by atoms with Gasteiger partial charge in [0.15, 0.2) is 0 Å². The molecule has 1 aromatic carbocycles. The molecule has 27 heavy (non-hydrogen) atoms. The number of hydrogen-bond acceptors (Lipinski definition) is 5. The summed E-state index contributed by atoms with van der Waals surface area (Å²) < 4.78 is 28.8. The second-order valence-corrected chi connectivity index (χ2v) is 7.17. The second kappa shape index (κ2) is 8.61. The fraction of sp³-hybridized carbons (Fsp3) is 0.500. The number of anilines is 1. The predicted octanol–water partition coefficient (Wildman–Crippen LogP) is 3.83. The van der Waals surface area contributed by atoms with Gasteiger partial charge in [-0.15, -0.1) is 0 Å². The van der Waals surface area contributed by atoms with Crippen molar-refractivity contribution < 1.29 is 13.5 Å². The third-order valence-electron chi connectivity index (χ3n) is 4.63. The second-order valence-electron chi connectivity index (χ2n) is 7.17. The molecule has 0 atom stereocenters. The van der Waals surface area contributed by atoms with E-state index < -0.39 is 6.61 Å². The van der Waals surface area contributed by atoms with Crippen LogP contribution in [0.4, 0.5) is 14.6 Å². The molecule has 1 aromatic heterocycles. The van der Waals surface area contributed by atoms with Crippen LogP contribution in [-0.2, 0) is 6.54 Å². The summed E-state index contributed by atoms with van der Waals surface area (Å²) in [6, 6.07) is 8.91. The Kier molecular flexibility index (Phi) is 6.21. The molecule has 0 bridgehead atoms. The Hall–Kier alpha value is -2.28. The van der Waals surface area contributed by atoms with E-state index in [2.05, 4.69) is 33.4 Å². The molecule has 7 heteroatoms. The van der Waals surface area contributed by atoms with Gasteiger partial charge in [-0.2, -0.15) is 8.78 Å². The molecule has 1 saturated heterocycles. The van der Waals surface area contributed by atoms with Crippen LogP contribution in [0.3, 0.4) is 0 Å². The van der Waals surface area contributed by atoms with Crippen LogP contribution in [-0.4, -0.2) is 47.7 Å². The molecule has 0 spiro atoms.